The number of fused-ring (bicyclic) bond motifs is 1. The number of carbonyl (C=O) groups is 1. The zero-order valence-electron chi connectivity index (χ0n) is 18.9. The van der Waals surface area contributed by atoms with Crippen LogP contribution in [0, 0.1) is 12.8 Å². The summed E-state index contributed by atoms with van der Waals surface area (Å²) in [7, 11) is 0. The summed E-state index contributed by atoms with van der Waals surface area (Å²) in [4.78, 5) is 31.5. The highest BCUT2D eigenvalue weighted by Gasteiger charge is 2.25. The fourth-order valence-corrected chi connectivity index (χ4v) is 3.99. The maximum atomic E-state index is 13.6. The maximum Gasteiger partial charge on any atom is 0.261 e. The lowest BCUT2D eigenvalue weighted by molar-refractivity contribution is 0.0921. The predicted octanol–water partition coefficient (Wildman–Crippen LogP) is 5.53. The summed E-state index contributed by atoms with van der Waals surface area (Å²) >= 11 is 6.19. The highest BCUT2D eigenvalue weighted by molar-refractivity contribution is 6.31. The Morgan fingerprint density at radius 3 is 2.39 bits per heavy atom. The van der Waals surface area contributed by atoms with Crippen LogP contribution in [0.5, 0.6) is 0 Å². The highest BCUT2D eigenvalue weighted by Crippen LogP contribution is 2.24. The molecule has 0 fully saturated rings. The van der Waals surface area contributed by atoms with E-state index in [-0.39, 0.29) is 17.4 Å². The highest BCUT2D eigenvalue weighted by atomic mass is 35.5. The van der Waals surface area contributed by atoms with E-state index < -0.39 is 6.04 Å². The molecule has 0 spiro atoms. The summed E-state index contributed by atoms with van der Waals surface area (Å²) in [5.74, 6) is 0.291. The van der Waals surface area contributed by atoms with Crippen molar-refractivity contribution in [1.29, 1.82) is 0 Å². The molecule has 0 aliphatic carbocycles. The van der Waals surface area contributed by atoms with E-state index in [0.717, 1.165) is 11.1 Å². The molecule has 33 heavy (non-hydrogen) atoms. The Balaban J connectivity index is 1.84. The van der Waals surface area contributed by atoms with E-state index in [9.17, 15) is 9.59 Å². The molecule has 1 N–H and O–H groups in total. The van der Waals surface area contributed by atoms with Crippen molar-refractivity contribution in [3.05, 3.63) is 111 Å². The summed E-state index contributed by atoms with van der Waals surface area (Å²) in [6.07, 6.45) is 0. The summed E-state index contributed by atoms with van der Waals surface area (Å²) in [5, 5.41) is 4.10. The minimum Gasteiger partial charge on any atom is -0.342 e. The standard InChI is InChI=1S/C27H26ClN3O2/c1-17(2)24(30-26(32)20-11-9-18(3)10-12-20)25-29-23-15-21(28)13-14-22(23)27(33)31(25)16-19-7-5-4-6-8-19/h4-15,17,24H,16H2,1-3H3,(H,30,32). The average molecular weight is 460 g/mol. The number of nitrogens with zero attached hydrogens (tertiary/aromatic N) is 2. The Labute approximate surface area is 198 Å². The summed E-state index contributed by atoms with van der Waals surface area (Å²) in [6.45, 7) is 6.33. The van der Waals surface area contributed by atoms with Crippen LogP contribution in [0.1, 0.15) is 47.2 Å². The van der Waals surface area contributed by atoms with Crippen LogP contribution in [0.2, 0.25) is 5.02 Å². The third-order valence-electron chi connectivity index (χ3n) is 5.68. The molecule has 0 aliphatic heterocycles. The number of amides is 1. The first-order valence-electron chi connectivity index (χ1n) is 10.9. The number of carbonyl (C=O) groups excluding carboxylic acids is 1. The maximum absolute atomic E-state index is 13.6. The summed E-state index contributed by atoms with van der Waals surface area (Å²) in [6, 6.07) is 21.8. The Morgan fingerprint density at radius 1 is 1.03 bits per heavy atom. The molecule has 5 nitrogen and oxygen atoms in total. The Morgan fingerprint density at radius 2 is 1.73 bits per heavy atom. The van der Waals surface area contributed by atoms with Gasteiger partial charge in [-0.15, -0.1) is 0 Å². The van der Waals surface area contributed by atoms with E-state index in [1.807, 2.05) is 63.2 Å². The second-order valence-corrected chi connectivity index (χ2v) is 9.01. The molecule has 0 bridgehead atoms. The molecule has 1 aromatic heterocycles. The van der Waals surface area contributed by atoms with Crippen LogP contribution < -0.4 is 10.9 Å². The molecule has 4 aromatic rings. The van der Waals surface area contributed by atoms with E-state index in [1.165, 1.54) is 0 Å². The fourth-order valence-electron chi connectivity index (χ4n) is 3.83. The van der Waals surface area contributed by atoms with E-state index in [0.29, 0.717) is 33.9 Å². The lowest BCUT2D eigenvalue weighted by Crippen LogP contribution is -2.37. The smallest absolute Gasteiger partial charge is 0.261 e. The van der Waals surface area contributed by atoms with E-state index in [4.69, 9.17) is 16.6 Å². The third-order valence-corrected chi connectivity index (χ3v) is 5.91. The van der Waals surface area contributed by atoms with E-state index >= 15 is 0 Å². The first-order chi connectivity index (χ1) is 15.8. The molecule has 1 unspecified atom stereocenters. The average Bonchev–Trinajstić information content (AvgIpc) is 2.80. The number of aryl methyl sites for hydroxylation is 1. The third kappa shape index (κ3) is 4.99. The first-order valence-corrected chi connectivity index (χ1v) is 11.3. The van der Waals surface area contributed by atoms with Crippen LogP contribution in [0.15, 0.2) is 77.6 Å². The largest absolute Gasteiger partial charge is 0.342 e. The van der Waals surface area contributed by atoms with Crippen LogP contribution in [-0.4, -0.2) is 15.5 Å². The lowest BCUT2D eigenvalue weighted by atomic mass is 10.0. The Kier molecular flexibility index (Phi) is 6.61. The van der Waals surface area contributed by atoms with Gasteiger partial charge in [-0.25, -0.2) is 4.98 Å². The second-order valence-electron chi connectivity index (χ2n) is 8.57. The van der Waals surface area contributed by atoms with Crippen LogP contribution in [-0.2, 0) is 6.54 Å². The van der Waals surface area contributed by atoms with Crippen LogP contribution >= 0.6 is 11.6 Å². The zero-order chi connectivity index (χ0) is 23.5. The van der Waals surface area contributed by atoms with Gasteiger partial charge in [0.1, 0.15) is 5.82 Å². The molecule has 0 saturated heterocycles. The molecule has 168 valence electrons. The van der Waals surface area contributed by atoms with Gasteiger partial charge in [-0.1, -0.05) is 73.5 Å². The molecule has 3 aromatic carbocycles. The van der Waals surface area contributed by atoms with Crippen molar-refractivity contribution >= 4 is 28.4 Å². The number of nitrogens with one attached hydrogen (secondary N) is 1. The molecular weight excluding hydrogens is 434 g/mol. The molecule has 1 atom stereocenters. The van der Waals surface area contributed by atoms with Crippen molar-refractivity contribution in [2.45, 2.75) is 33.4 Å². The van der Waals surface area contributed by atoms with Crippen LogP contribution in [0.25, 0.3) is 10.9 Å². The molecule has 0 saturated carbocycles. The van der Waals surface area contributed by atoms with Gasteiger partial charge < -0.3 is 5.32 Å². The van der Waals surface area contributed by atoms with E-state index in [1.54, 1.807) is 34.9 Å². The number of hydrogen-bond donors (Lipinski definition) is 1. The summed E-state index contributed by atoms with van der Waals surface area (Å²) < 4.78 is 1.66. The first kappa shape index (κ1) is 22.7. The number of hydrogen-bond acceptors (Lipinski definition) is 3. The van der Waals surface area contributed by atoms with Crippen molar-refractivity contribution in [1.82, 2.24) is 14.9 Å². The molecule has 1 amide bonds. The van der Waals surface area contributed by atoms with Gasteiger partial charge in [0.25, 0.3) is 11.5 Å². The zero-order valence-corrected chi connectivity index (χ0v) is 19.6. The van der Waals surface area contributed by atoms with Crippen LogP contribution in [0.3, 0.4) is 0 Å². The predicted molar refractivity (Wildman–Crippen MR) is 133 cm³/mol. The molecule has 1 heterocycles. The fraction of sp³-hybridized carbons (Fsp3) is 0.222. The van der Waals surface area contributed by atoms with Gasteiger partial charge in [-0.2, -0.15) is 0 Å². The number of rotatable bonds is 6. The van der Waals surface area contributed by atoms with Gasteiger partial charge in [0.05, 0.1) is 23.5 Å². The minimum atomic E-state index is -0.474. The minimum absolute atomic E-state index is 0.00930. The van der Waals surface area contributed by atoms with Gasteiger partial charge in [-0.05, 0) is 48.7 Å². The normalized spacial score (nSPS) is 12.2. The van der Waals surface area contributed by atoms with Gasteiger partial charge in [0.2, 0.25) is 0 Å². The Hall–Kier alpha value is -3.44. The number of benzene rings is 3. The van der Waals surface area contributed by atoms with Crippen molar-refractivity contribution in [3.63, 3.8) is 0 Å². The van der Waals surface area contributed by atoms with Crippen molar-refractivity contribution < 1.29 is 4.79 Å². The quantitative estimate of drug-likeness (QED) is 0.412. The summed E-state index contributed by atoms with van der Waals surface area (Å²) in [5.41, 5.74) is 2.97. The second kappa shape index (κ2) is 9.59. The lowest BCUT2D eigenvalue weighted by Gasteiger charge is -2.25. The van der Waals surface area contributed by atoms with Crippen molar-refractivity contribution in [2.24, 2.45) is 5.92 Å². The monoisotopic (exact) mass is 459 g/mol. The van der Waals surface area contributed by atoms with Crippen molar-refractivity contribution in [2.75, 3.05) is 0 Å². The topological polar surface area (TPSA) is 64.0 Å². The molecule has 4 rings (SSSR count). The Bertz CT molecular complexity index is 1350. The molecule has 6 heteroatoms. The van der Waals surface area contributed by atoms with Crippen molar-refractivity contribution in [3.8, 4) is 0 Å². The number of aromatic nitrogens is 2. The van der Waals surface area contributed by atoms with E-state index in [2.05, 4.69) is 5.32 Å². The van der Waals surface area contributed by atoms with Gasteiger partial charge in [0, 0.05) is 10.6 Å². The SMILES string of the molecule is Cc1ccc(C(=O)NC(c2nc3cc(Cl)ccc3c(=O)n2Cc2ccccc2)C(C)C)cc1. The van der Waals surface area contributed by atoms with Crippen LogP contribution in [0.4, 0.5) is 0 Å². The molecule has 0 radical (unpaired) electrons. The number of halogens is 1. The molecule has 0 aliphatic rings. The van der Waals surface area contributed by atoms with Gasteiger partial charge in [0.15, 0.2) is 0 Å². The molecular formula is C27H26ClN3O2. The van der Waals surface area contributed by atoms with Gasteiger partial charge in [-0.3, -0.25) is 14.2 Å². The van der Waals surface area contributed by atoms with Gasteiger partial charge >= 0.3 is 0 Å².